The van der Waals surface area contributed by atoms with Crippen LogP contribution in [-0.4, -0.2) is 32.9 Å². The van der Waals surface area contributed by atoms with Crippen LogP contribution in [0.2, 0.25) is 0 Å². The van der Waals surface area contributed by atoms with Gasteiger partial charge in [0.1, 0.15) is 5.82 Å². The lowest BCUT2D eigenvalue weighted by Crippen LogP contribution is -2.36. The molecule has 5 nitrogen and oxygen atoms in total. The Hall–Kier alpha value is -1.53. The molecule has 1 aliphatic heterocycles. The molecule has 3 heterocycles. The number of anilines is 1. The smallest absolute Gasteiger partial charge is 0.145 e. The number of likely N-dealkylation sites (tertiary alicyclic amines) is 1. The molecule has 0 radical (unpaired) electrons. The van der Waals surface area contributed by atoms with E-state index in [0.29, 0.717) is 11.7 Å². The summed E-state index contributed by atoms with van der Waals surface area (Å²) in [6, 6.07) is 0. The standard InChI is InChI=1S/C14H19N5S/c15-14-13(16-3-4-17-14)6-11-2-1-5-19(7-11)8-12-9-20-10-18-12/h3-4,9-11H,1-2,5-8H2,(H2,15,17)/t11-/m0/s1. The molecular formula is C14H19N5S. The van der Waals surface area contributed by atoms with Gasteiger partial charge in [-0.25, -0.2) is 9.97 Å². The van der Waals surface area contributed by atoms with Crippen LogP contribution in [0.15, 0.2) is 23.3 Å². The lowest BCUT2D eigenvalue weighted by atomic mass is 9.93. The van der Waals surface area contributed by atoms with E-state index < -0.39 is 0 Å². The van der Waals surface area contributed by atoms with Gasteiger partial charge in [-0.2, -0.15) is 0 Å². The van der Waals surface area contributed by atoms with Crippen LogP contribution >= 0.6 is 11.3 Å². The highest BCUT2D eigenvalue weighted by Crippen LogP contribution is 2.22. The van der Waals surface area contributed by atoms with Crippen LogP contribution in [0.3, 0.4) is 0 Å². The highest BCUT2D eigenvalue weighted by Gasteiger charge is 2.21. The average molecular weight is 289 g/mol. The van der Waals surface area contributed by atoms with Crippen molar-refractivity contribution in [2.75, 3.05) is 18.8 Å². The summed E-state index contributed by atoms with van der Waals surface area (Å²) in [6.45, 7) is 3.20. The van der Waals surface area contributed by atoms with E-state index in [1.807, 2.05) is 5.51 Å². The molecule has 0 bridgehead atoms. The van der Waals surface area contributed by atoms with E-state index >= 15 is 0 Å². The van der Waals surface area contributed by atoms with E-state index in [4.69, 9.17) is 5.73 Å². The molecule has 20 heavy (non-hydrogen) atoms. The van der Waals surface area contributed by atoms with Crippen LogP contribution in [0.5, 0.6) is 0 Å². The first-order chi connectivity index (χ1) is 9.81. The molecule has 0 aromatic carbocycles. The molecule has 0 amide bonds. The summed E-state index contributed by atoms with van der Waals surface area (Å²) in [5.74, 6) is 1.19. The van der Waals surface area contributed by atoms with Crippen molar-refractivity contribution >= 4 is 17.2 Å². The van der Waals surface area contributed by atoms with Crippen LogP contribution < -0.4 is 5.73 Å². The molecule has 0 unspecified atom stereocenters. The van der Waals surface area contributed by atoms with Gasteiger partial charge in [-0.1, -0.05) is 0 Å². The highest BCUT2D eigenvalue weighted by atomic mass is 32.1. The third-order valence-electron chi connectivity index (χ3n) is 3.76. The van der Waals surface area contributed by atoms with E-state index in [1.165, 1.54) is 18.5 Å². The summed E-state index contributed by atoms with van der Waals surface area (Å²) in [4.78, 5) is 15.3. The second-order valence-corrected chi connectivity index (χ2v) is 6.03. The third-order valence-corrected chi connectivity index (χ3v) is 4.40. The van der Waals surface area contributed by atoms with E-state index in [0.717, 1.165) is 31.7 Å². The Balaban J connectivity index is 1.59. The molecule has 106 valence electrons. The quantitative estimate of drug-likeness (QED) is 0.932. The highest BCUT2D eigenvalue weighted by molar-refractivity contribution is 7.07. The summed E-state index contributed by atoms with van der Waals surface area (Å²) in [5.41, 5.74) is 9.90. The van der Waals surface area contributed by atoms with Gasteiger partial charge in [0.2, 0.25) is 0 Å². The normalized spacial score (nSPS) is 20.1. The molecule has 2 aromatic rings. The first kappa shape index (κ1) is 13.5. The van der Waals surface area contributed by atoms with Gasteiger partial charge in [0.15, 0.2) is 0 Å². The van der Waals surface area contributed by atoms with Gasteiger partial charge >= 0.3 is 0 Å². The summed E-state index contributed by atoms with van der Waals surface area (Å²) >= 11 is 1.66. The van der Waals surface area contributed by atoms with Crippen LogP contribution in [0.25, 0.3) is 0 Å². The van der Waals surface area contributed by atoms with Gasteiger partial charge < -0.3 is 5.73 Å². The molecule has 1 atom stereocenters. The summed E-state index contributed by atoms with van der Waals surface area (Å²) in [6.07, 6.45) is 6.77. The molecule has 1 aliphatic rings. The number of rotatable bonds is 4. The Kier molecular flexibility index (Phi) is 4.22. The number of hydrogen-bond acceptors (Lipinski definition) is 6. The fraction of sp³-hybridized carbons (Fsp3) is 0.500. The number of nitrogens with two attached hydrogens (primary N) is 1. The summed E-state index contributed by atoms with van der Waals surface area (Å²) < 4.78 is 0. The fourth-order valence-electron chi connectivity index (χ4n) is 2.81. The van der Waals surface area contributed by atoms with Crippen molar-refractivity contribution in [2.45, 2.75) is 25.8 Å². The first-order valence-electron chi connectivity index (χ1n) is 6.96. The van der Waals surface area contributed by atoms with Crippen LogP contribution in [-0.2, 0) is 13.0 Å². The van der Waals surface area contributed by atoms with Crippen molar-refractivity contribution in [3.63, 3.8) is 0 Å². The SMILES string of the molecule is Nc1nccnc1C[C@@H]1CCCN(Cc2cscn2)C1. The Labute approximate surface area is 122 Å². The van der Waals surface area contributed by atoms with Gasteiger partial charge in [-0.05, 0) is 31.7 Å². The lowest BCUT2D eigenvalue weighted by Gasteiger charge is -2.32. The minimum atomic E-state index is 0.573. The molecule has 0 spiro atoms. The molecule has 1 fully saturated rings. The number of nitrogen functional groups attached to an aromatic ring is 1. The van der Waals surface area contributed by atoms with Crippen LogP contribution in [0.1, 0.15) is 24.2 Å². The van der Waals surface area contributed by atoms with Crippen molar-refractivity contribution in [1.29, 1.82) is 0 Å². The molecule has 0 aliphatic carbocycles. The van der Waals surface area contributed by atoms with E-state index in [2.05, 4.69) is 25.2 Å². The van der Waals surface area contributed by atoms with Gasteiger partial charge in [0.25, 0.3) is 0 Å². The number of aromatic nitrogens is 3. The first-order valence-corrected chi connectivity index (χ1v) is 7.90. The minimum absolute atomic E-state index is 0.573. The van der Waals surface area contributed by atoms with E-state index in [9.17, 15) is 0 Å². The van der Waals surface area contributed by atoms with E-state index in [1.54, 1.807) is 23.7 Å². The van der Waals surface area contributed by atoms with Crippen molar-refractivity contribution in [3.8, 4) is 0 Å². The van der Waals surface area contributed by atoms with Crippen LogP contribution in [0, 0.1) is 5.92 Å². The molecule has 2 N–H and O–H groups in total. The zero-order chi connectivity index (χ0) is 13.8. The maximum atomic E-state index is 5.89. The fourth-order valence-corrected chi connectivity index (χ4v) is 3.36. The number of piperidine rings is 1. The predicted octanol–water partition coefficient (Wildman–Crippen LogP) is 1.97. The van der Waals surface area contributed by atoms with Gasteiger partial charge in [0.05, 0.1) is 16.9 Å². The molecular weight excluding hydrogens is 270 g/mol. The number of hydrogen-bond donors (Lipinski definition) is 1. The maximum absolute atomic E-state index is 5.89. The Morgan fingerprint density at radius 1 is 1.30 bits per heavy atom. The molecule has 1 saturated heterocycles. The maximum Gasteiger partial charge on any atom is 0.145 e. The summed E-state index contributed by atoms with van der Waals surface area (Å²) in [7, 11) is 0. The van der Waals surface area contributed by atoms with Gasteiger partial charge in [-0.15, -0.1) is 11.3 Å². The van der Waals surface area contributed by atoms with Gasteiger partial charge in [0, 0.05) is 30.9 Å². The van der Waals surface area contributed by atoms with Gasteiger partial charge in [-0.3, -0.25) is 9.88 Å². The molecule has 3 rings (SSSR count). The number of thiazole rings is 1. The Morgan fingerprint density at radius 2 is 2.20 bits per heavy atom. The van der Waals surface area contributed by atoms with Crippen LogP contribution in [0.4, 0.5) is 5.82 Å². The van der Waals surface area contributed by atoms with E-state index in [-0.39, 0.29) is 0 Å². The van der Waals surface area contributed by atoms with Crippen molar-refractivity contribution in [3.05, 3.63) is 34.7 Å². The second kappa shape index (κ2) is 6.28. The van der Waals surface area contributed by atoms with Crippen molar-refractivity contribution in [2.24, 2.45) is 5.92 Å². The van der Waals surface area contributed by atoms with Crippen molar-refractivity contribution < 1.29 is 0 Å². The summed E-state index contributed by atoms with van der Waals surface area (Å²) in [5, 5.41) is 2.13. The topological polar surface area (TPSA) is 67.9 Å². The number of nitrogens with zero attached hydrogens (tertiary/aromatic N) is 4. The molecule has 6 heteroatoms. The molecule has 2 aromatic heterocycles. The zero-order valence-electron chi connectivity index (χ0n) is 11.4. The largest absolute Gasteiger partial charge is 0.382 e. The third kappa shape index (κ3) is 3.32. The minimum Gasteiger partial charge on any atom is -0.382 e. The monoisotopic (exact) mass is 289 g/mol. The molecule has 0 saturated carbocycles. The second-order valence-electron chi connectivity index (χ2n) is 5.32. The Bertz CT molecular complexity index is 542. The van der Waals surface area contributed by atoms with Crippen molar-refractivity contribution in [1.82, 2.24) is 19.9 Å². The predicted molar refractivity (Wildman–Crippen MR) is 80.3 cm³/mol. The zero-order valence-corrected chi connectivity index (χ0v) is 12.2. The Morgan fingerprint density at radius 3 is 3.00 bits per heavy atom. The lowest BCUT2D eigenvalue weighted by molar-refractivity contribution is 0.165. The average Bonchev–Trinajstić information content (AvgIpc) is 2.95.